The maximum atomic E-state index is 14.3. The zero-order valence-electron chi connectivity index (χ0n) is 16.0. The number of rotatable bonds is 9. The molecule has 2 rings (SSSR count). The molecule has 0 unspecified atom stereocenters. The molecule has 1 aliphatic rings. The van der Waals surface area contributed by atoms with E-state index in [0.717, 1.165) is 12.1 Å². The number of ether oxygens (including phenoxy) is 2. The lowest BCUT2D eigenvalue weighted by Crippen LogP contribution is -2.48. The Morgan fingerprint density at radius 3 is 2.62 bits per heavy atom. The van der Waals surface area contributed by atoms with Crippen LogP contribution < -0.4 is 10.4 Å². The van der Waals surface area contributed by atoms with Crippen molar-refractivity contribution >= 4 is 18.0 Å². The van der Waals surface area contributed by atoms with E-state index in [1.165, 1.54) is 18.9 Å². The lowest BCUT2D eigenvalue weighted by Gasteiger charge is -2.35. The van der Waals surface area contributed by atoms with Gasteiger partial charge in [0.05, 0.1) is 18.2 Å². The second-order valence-electron chi connectivity index (χ2n) is 6.30. The van der Waals surface area contributed by atoms with Crippen LogP contribution in [0.15, 0.2) is 29.5 Å². The number of urea groups is 1. The van der Waals surface area contributed by atoms with E-state index >= 15 is 0 Å². The fourth-order valence-electron chi connectivity index (χ4n) is 2.96. The number of nitrogens with one attached hydrogen (secondary N) is 1. The van der Waals surface area contributed by atoms with Gasteiger partial charge in [-0.05, 0) is 25.8 Å². The topological polar surface area (TPSA) is 108 Å². The summed E-state index contributed by atoms with van der Waals surface area (Å²) in [6.07, 6.45) is -0.185. The van der Waals surface area contributed by atoms with Crippen LogP contribution in [0.3, 0.4) is 0 Å². The van der Waals surface area contributed by atoms with Gasteiger partial charge < -0.3 is 24.7 Å². The monoisotopic (exact) mass is 411 g/mol. The van der Waals surface area contributed by atoms with Crippen LogP contribution >= 0.6 is 0 Å². The summed E-state index contributed by atoms with van der Waals surface area (Å²) < 4.78 is 37.6. The van der Waals surface area contributed by atoms with Gasteiger partial charge in [0.1, 0.15) is 18.2 Å². The first-order valence-corrected chi connectivity index (χ1v) is 8.86. The van der Waals surface area contributed by atoms with Crippen molar-refractivity contribution in [3.8, 4) is 0 Å². The molecule has 0 bridgehead atoms. The van der Waals surface area contributed by atoms with E-state index in [4.69, 9.17) is 9.47 Å². The van der Waals surface area contributed by atoms with Gasteiger partial charge in [0.25, 0.3) is 0 Å². The van der Waals surface area contributed by atoms with Gasteiger partial charge in [0.2, 0.25) is 0 Å². The van der Waals surface area contributed by atoms with Crippen LogP contribution in [0.1, 0.15) is 31.4 Å². The largest absolute Gasteiger partial charge is 0.550 e. The lowest BCUT2D eigenvalue weighted by atomic mass is 9.94. The number of halogens is 2. The predicted molar refractivity (Wildman–Crippen MR) is 94.1 cm³/mol. The molecule has 1 aromatic carbocycles. The van der Waals surface area contributed by atoms with Gasteiger partial charge in [0, 0.05) is 37.0 Å². The molecule has 0 saturated heterocycles. The summed E-state index contributed by atoms with van der Waals surface area (Å²) in [5.74, 6) is -3.81. The highest BCUT2D eigenvalue weighted by atomic mass is 19.1. The first-order chi connectivity index (χ1) is 13.8. The minimum Gasteiger partial charge on any atom is -0.550 e. The molecule has 0 fully saturated rings. The van der Waals surface area contributed by atoms with Gasteiger partial charge in [-0.3, -0.25) is 4.90 Å². The number of nitrogens with zero attached hydrogens (tertiary/aromatic N) is 1. The Labute approximate surface area is 166 Å². The number of amides is 2. The number of esters is 1. The molecule has 1 N–H and O–H groups in total. The Hall–Kier alpha value is -3.01. The molecule has 1 atom stereocenters. The second-order valence-corrected chi connectivity index (χ2v) is 6.30. The van der Waals surface area contributed by atoms with Gasteiger partial charge in [-0.2, -0.15) is 0 Å². The summed E-state index contributed by atoms with van der Waals surface area (Å²) in [5, 5.41) is 13.1. The maximum absolute atomic E-state index is 14.3. The molecule has 1 aromatic rings. The first kappa shape index (κ1) is 22.3. The van der Waals surface area contributed by atoms with Crippen molar-refractivity contribution in [1.29, 1.82) is 0 Å². The normalized spacial score (nSPS) is 16.6. The predicted octanol–water partition coefficient (Wildman–Crippen LogP) is 1.02. The van der Waals surface area contributed by atoms with Crippen molar-refractivity contribution < 1.29 is 37.7 Å². The van der Waals surface area contributed by atoms with Crippen LogP contribution in [0, 0.1) is 11.6 Å². The van der Waals surface area contributed by atoms with Crippen LogP contribution in [0.2, 0.25) is 0 Å². The minimum absolute atomic E-state index is 0.000875. The second kappa shape index (κ2) is 9.97. The van der Waals surface area contributed by atoms with E-state index in [1.54, 1.807) is 0 Å². The Morgan fingerprint density at radius 1 is 1.28 bits per heavy atom. The molecule has 0 aromatic heterocycles. The zero-order chi connectivity index (χ0) is 21.6. The number of allylic oxidation sites excluding steroid dienone is 1. The van der Waals surface area contributed by atoms with Crippen LogP contribution in [0.25, 0.3) is 0 Å². The number of aliphatic carboxylic acids is 1. The highest BCUT2D eigenvalue weighted by Crippen LogP contribution is 2.33. The third-order valence-electron chi connectivity index (χ3n) is 4.37. The van der Waals surface area contributed by atoms with E-state index in [1.807, 2.05) is 0 Å². The summed E-state index contributed by atoms with van der Waals surface area (Å²) in [5.41, 5.74) is 0.0371. The van der Waals surface area contributed by atoms with Gasteiger partial charge in [-0.1, -0.05) is 6.07 Å². The summed E-state index contributed by atoms with van der Waals surface area (Å²) in [6.45, 7) is 1.54. The van der Waals surface area contributed by atoms with Gasteiger partial charge in [-0.15, -0.1) is 0 Å². The molecule has 10 heteroatoms. The number of hydrogen-bond donors (Lipinski definition) is 1. The van der Waals surface area contributed by atoms with E-state index in [-0.39, 0.29) is 49.4 Å². The number of carbonyl (C=O) groups is 3. The van der Waals surface area contributed by atoms with Crippen LogP contribution in [-0.2, 0) is 19.1 Å². The van der Waals surface area contributed by atoms with Gasteiger partial charge in [-0.25, -0.2) is 18.4 Å². The van der Waals surface area contributed by atoms with Crippen molar-refractivity contribution in [2.75, 3.05) is 26.9 Å². The lowest BCUT2D eigenvalue weighted by molar-refractivity contribution is -0.305. The van der Waals surface area contributed by atoms with Crippen LogP contribution in [0.5, 0.6) is 0 Å². The summed E-state index contributed by atoms with van der Waals surface area (Å²) in [6, 6.07) is 0.951. The molecule has 0 radical (unpaired) electrons. The van der Waals surface area contributed by atoms with Crippen molar-refractivity contribution in [1.82, 2.24) is 10.2 Å². The molecule has 0 saturated carbocycles. The molecule has 0 spiro atoms. The molecule has 2 amide bonds. The molecule has 8 nitrogen and oxygen atoms in total. The summed E-state index contributed by atoms with van der Waals surface area (Å²) in [7, 11) is 1.43. The van der Waals surface area contributed by atoms with Gasteiger partial charge in [0.15, 0.2) is 0 Å². The zero-order valence-corrected chi connectivity index (χ0v) is 16.0. The van der Waals surface area contributed by atoms with E-state index in [2.05, 4.69) is 5.32 Å². The molecular weight excluding hydrogens is 390 g/mol. The molecule has 1 heterocycles. The van der Waals surface area contributed by atoms with Crippen LogP contribution in [0.4, 0.5) is 13.6 Å². The van der Waals surface area contributed by atoms with Gasteiger partial charge >= 0.3 is 12.0 Å². The number of benzene rings is 1. The number of carbonyl (C=O) groups excluding carboxylic acids is 3. The van der Waals surface area contributed by atoms with E-state index in [0.29, 0.717) is 6.07 Å². The van der Waals surface area contributed by atoms with Crippen molar-refractivity contribution in [2.24, 2.45) is 0 Å². The van der Waals surface area contributed by atoms with E-state index < -0.39 is 35.6 Å². The number of carboxylic acids is 1. The van der Waals surface area contributed by atoms with Crippen molar-refractivity contribution in [3.63, 3.8) is 0 Å². The highest BCUT2D eigenvalue weighted by molar-refractivity contribution is 5.95. The molecule has 0 aliphatic carbocycles. The molecule has 1 aliphatic heterocycles. The first-order valence-electron chi connectivity index (χ1n) is 8.86. The third kappa shape index (κ3) is 5.50. The minimum atomic E-state index is -1.27. The number of hydrogen-bond acceptors (Lipinski definition) is 6. The standard InChI is InChI=1S/C19H22F2N2O6/c1-11-16(18(26)29-9-8-28-2)17(13-6-5-12(20)10-14(13)21)22-19(27)23(11)7-3-4-15(24)25/h5-6,10,17H,3-4,7-9H2,1-2H3,(H,22,27)(H,24,25)/p-1/t17-/m0/s1. The van der Waals surface area contributed by atoms with Crippen molar-refractivity contribution in [3.05, 3.63) is 46.7 Å². The van der Waals surface area contributed by atoms with E-state index in [9.17, 15) is 28.3 Å². The smallest absolute Gasteiger partial charge is 0.338 e. The maximum Gasteiger partial charge on any atom is 0.338 e. The van der Waals surface area contributed by atoms with Crippen LogP contribution in [-0.4, -0.2) is 49.7 Å². The Bertz CT molecular complexity index is 827. The average Bonchev–Trinajstić information content (AvgIpc) is 2.64. The average molecular weight is 411 g/mol. The van der Waals surface area contributed by atoms with Crippen molar-refractivity contribution in [2.45, 2.75) is 25.8 Å². The highest BCUT2D eigenvalue weighted by Gasteiger charge is 2.37. The third-order valence-corrected chi connectivity index (χ3v) is 4.37. The Balaban J connectivity index is 2.41. The quantitative estimate of drug-likeness (QED) is 0.480. The SMILES string of the molecule is COCCOC(=O)C1=C(C)N(CCCC(=O)[O-])C(=O)N[C@H]1c1ccc(F)cc1F. The molecule has 29 heavy (non-hydrogen) atoms. The molecular formula is C19H21F2N2O6-. The Kier molecular flexibility index (Phi) is 7.66. The fourth-order valence-corrected chi connectivity index (χ4v) is 2.96. The molecule has 158 valence electrons. The summed E-state index contributed by atoms with van der Waals surface area (Å²) in [4.78, 5) is 37.0. The summed E-state index contributed by atoms with van der Waals surface area (Å²) >= 11 is 0. The Morgan fingerprint density at radius 2 is 2.00 bits per heavy atom. The fraction of sp³-hybridized carbons (Fsp3) is 0.421. The number of methoxy groups -OCH3 is 1. The number of carboxylic acid groups (broad SMARTS) is 1.